The van der Waals surface area contributed by atoms with Crippen molar-refractivity contribution in [3.63, 3.8) is 0 Å². The maximum Gasteiger partial charge on any atom is 0.106 e. The molecule has 21 heavy (non-hydrogen) atoms. The average Bonchev–Trinajstić information content (AvgIpc) is 2.56. The second-order valence-corrected chi connectivity index (χ2v) is 5.49. The van der Waals surface area contributed by atoms with Crippen molar-refractivity contribution in [3.8, 4) is 0 Å². The Bertz CT molecular complexity index is 544. The highest BCUT2D eigenvalue weighted by atomic mass is 16.5. The van der Waals surface area contributed by atoms with Crippen molar-refractivity contribution in [1.29, 1.82) is 0 Å². The van der Waals surface area contributed by atoms with Gasteiger partial charge in [-0.15, -0.1) is 0 Å². The third-order valence-electron chi connectivity index (χ3n) is 3.92. The first-order chi connectivity index (χ1) is 10.3. The number of hydrogen-bond donors (Lipinski definition) is 1. The molecule has 0 unspecified atom stereocenters. The summed E-state index contributed by atoms with van der Waals surface area (Å²) in [5.74, 6) is 0. The highest BCUT2D eigenvalue weighted by molar-refractivity contribution is 5.19. The molecule has 0 aromatic heterocycles. The number of aliphatic hydroxyl groups excluding tert-OH is 1. The molecule has 0 saturated carbocycles. The minimum absolute atomic E-state index is 0.162. The molecule has 2 aromatic carbocycles. The second kappa shape index (κ2) is 6.85. The monoisotopic (exact) mass is 283 g/mol. The van der Waals surface area contributed by atoms with Gasteiger partial charge in [-0.05, 0) is 11.1 Å². The fourth-order valence-corrected chi connectivity index (χ4v) is 2.77. The van der Waals surface area contributed by atoms with E-state index in [9.17, 15) is 5.11 Å². The van der Waals surface area contributed by atoms with Crippen molar-refractivity contribution in [2.24, 2.45) is 0 Å². The molecule has 0 radical (unpaired) electrons. The van der Waals surface area contributed by atoms with Gasteiger partial charge in [-0.3, -0.25) is 4.90 Å². The number of hydrogen-bond acceptors (Lipinski definition) is 3. The van der Waals surface area contributed by atoms with Gasteiger partial charge in [0.2, 0.25) is 0 Å². The molecule has 0 bridgehead atoms. The van der Waals surface area contributed by atoms with E-state index in [4.69, 9.17) is 4.74 Å². The van der Waals surface area contributed by atoms with Crippen molar-refractivity contribution in [2.75, 3.05) is 19.7 Å². The fraction of sp³-hybridized carbons (Fsp3) is 0.333. The first kappa shape index (κ1) is 14.3. The lowest BCUT2D eigenvalue weighted by Gasteiger charge is -2.35. The molecular formula is C18H21NO2. The van der Waals surface area contributed by atoms with E-state index in [2.05, 4.69) is 29.2 Å². The molecule has 2 aromatic rings. The molecule has 1 N–H and O–H groups in total. The predicted octanol–water partition coefficient (Wildman–Crippen LogP) is 2.62. The summed E-state index contributed by atoms with van der Waals surface area (Å²) in [5, 5.41) is 10.5. The second-order valence-electron chi connectivity index (χ2n) is 5.49. The predicted molar refractivity (Wildman–Crippen MR) is 82.9 cm³/mol. The molecule has 1 aliphatic rings. The Kier molecular flexibility index (Phi) is 4.65. The van der Waals surface area contributed by atoms with Crippen LogP contribution in [0.2, 0.25) is 0 Å². The molecule has 2 atom stereocenters. The summed E-state index contributed by atoms with van der Waals surface area (Å²) < 4.78 is 5.77. The summed E-state index contributed by atoms with van der Waals surface area (Å²) in [4.78, 5) is 2.34. The van der Waals surface area contributed by atoms with E-state index in [1.54, 1.807) is 0 Å². The number of rotatable bonds is 4. The topological polar surface area (TPSA) is 32.7 Å². The molecule has 1 saturated heterocycles. The summed E-state index contributed by atoms with van der Waals surface area (Å²) in [6.07, 6.45) is -0.727. The first-order valence-electron chi connectivity index (χ1n) is 7.44. The van der Waals surface area contributed by atoms with E-state index in [1.165, 1.54) is 5.56 Å². The maximum atomic E-state index is 10.5. The fourth-order valence-electron chi connectivity index (χ4n) is 2.77. The highest BCUT2D eigenvalue weighted by Crippen LogP contribution is 2.22. The van der Waals surface area contributed by atoms with Crippen LogP contribution in [0, 0.1) is 0 Å². The van der Waals surface area contributed by atoms with E-state index in [1.807, 2.05) is 36.4 Å². The Morgan fingerprint density at radius 2 is 1.71 bits per heavy atom. The molecule has 0 amide bonds. The Morgan fingerprint density at radius 1 is 1.05 bits per heavy atom. The molecule has 1 fully saturated rings. The molecule has 3 heteroatoms. The van der Waals surface area contributed by atoms with Gasteiger partial charge in [0.05, 0.1) is 6.61 Å². The van der Waals surface area contributed by atoms with Crippen molar-refractivity contribution in [1.82, 2.24) is 4.90 Å². The first-order valence-corrected chi connectivity index (χ1v) is 7.44. The average molecular weight is 283 g/mol. The normalized spacial score (nSPS) is 21.1. The van der Waals surface area contributed by atoms with Crippen LogP contribution in [0.1, 0.15) is 17.2 Å². The zero-order valence-corrected chi connectivity index (χ0v) is 12.1. The minimum Gasteiger partial charge on any atom is -0.386 e. The van der Waals surface area contributed by atoms with E-state index in [0.717, 1.165) is 25.2 Å². The van der Waals surface area contributed by atoms with Gasteiger partial charge in [-0.2, -0.15) is 0 Å². The number of benzene rings is 2. The number of morpholine rings is 1. The zero-order chi connectivity index (χ0) is 14.5. The van der Waals surface area contributed by atoms with Crippen LogP contribution in [0.15, 0.2) is 60.7 Å². The standard InChI is InChI=1S/C18H21NO2/c20-18(16-9-5-2-6-10-16)17-14-19(11-12-21-17)13-15-7-3-1-4-8-15/h1-10,17-18,20H,11-14H2/t17-,18+/m0/s1. The smallest absolute Gasteiger partial charge is 0.106 e. The molecule has 3 nitrogen and oxygen atoms in total. The molecule has 3 rings (SSSR count). The molecule has 110 valence electrons. The van der Waals surface area contributed by atoms with Gasteiger partial charge >= 0.3 is 0 Å². The van der Waals surface area contributed by atoms with Gasteiger partial charge in [0.25, 0.3) is 0 Å². The minimum atomic E-state index is -0.565. The van der Waals surface area contributed by atoms with Crippen molar-refractivity contribution < 1.29 is 9.84 Å². The van der Waals surface area contributed by atoms with Crippen LogP contribution < -0.4 is 0 Å². The molecule has 0 aliphatic carbocycles. The maximum absolute atomic E-state index is 10.5. The van der Waals surface area contributed by atoms with Gasteiger partial charge in [0.15, 0.2) is 0 Å². The van der Waals surface area contributed by atoms with Crippen LogP contribution in [0.25, 0.3) is 0 Å². The van der Waals surface area contributed by atoms with Crippen LogP contribution in [0.4, 0.5) is 0 Å². The van der Waals surface area contributed by atoms with Crippen LogP contribution in [-0.2, 0) is 11.3 Å². The van der Waals surface area contributed by atoms with Crippen molar-refractivity contribution >= 4 is 0 Å². The summed E-state index contributed by atoms with van der Waals surface area (Å²) >= 11 is 0. The Balaban J connectivity index is 1.63. The van der Waals surface area contributed by atoms with Crippen LogP contribution in [0.3, 0.4) is 0 Å². The Hall–Kier alpha value is -1.68. The van der Waals surface area contributed by atoms with Gasteiger partial charge < -0.3 is 9.84 Å². The van der Waals surface area contributed by atoms with Crippen LogP contribution >= 0.6 is 0 Å². The van der Waals surface area contributed by atoms with Gasteiger partial charge in [-0.25, -0.2) is 0 Å². The van der Waals surface area contributed by atoms with Crippen molar-refractivity contribution in [2.45, 2.75) is 18.8 Å². The summed E-state index contributed by atoms with van der Waals surface area (Å²) in [6, 6.07) is 20.2. The van der Waals surface area contributed by atoms with E-state index in [0.29, 0.717) is 6.61 Å². The van der Waals surface area contributed by atoms with Crippen molar-refractivity contribution in [3.05, 3.63) is 71.8 Å². The van der Waals surface area contributed by atoms with E-state index in [-0.39, 0.29) is 6.10 Å². The number of ether oxygens (including phenoxy) is 1. The molecule has 0 spiro atoms. The third-order valence-corrected chi connectivity index (χ3v) is 3.92. The SMILES string of the molecule is O[C@H](c1ccccc1)[C@@H]1CN(Cc2ccccc2)CCO1. The lowest BCUT2D eigenvalue weighted by Crippen LogP contribution is -2.44. The highest BCUT2D eigenvalue weighted by Gasteiger charge is 2.27. The quantitative estimate of drug-likeness (QED) is 0.936. The van der Waals surface area contributed by atoms with Gasteiger partial charge in [0.1, 0.15) is 12.2 Å². The van der Waals surface area contributed by atoms with E-state index >= 15 is 0 Å². The van der Waals surface area contributed by atoms with Gasteiger partial charge in [-0.1, -0.05) is 60.7 Å². The molecular weight excluding hydrogens is 262 g/mol. The third kappa shape index (κ3) is 3.70. The summed E-state index contributed by atoms with van der Waals surface area (Å²) in [6.45, 7) is 3.24. The number of aliphatic hydroxyl groups is 1. The lowest BCUT2D eigenvalue weighted by molar-refractivity contribution is -0.0918. The van der Waals surface area contributed by atoms with Crippen LogP contribution in [0.5, 0.6) is 0 Å². The zero-order valence-electron chi connectivity index (χ0n) is 12.1. The molecule has 1 aliphatic heterocycles. The lowest BCUT2D eigenvalue weighted by atomic mass is 10.0. The Morgan fingerprint density at radius 3 is 2.43 bits per heavy atom. The molecule has 1 heterocycles. The van der Waals surface area contributed by atoms with Crippen LogP contribution in [-0.4, -0.2) is 35.8 Å². The number of nitrogens with zero attached hydrogens (tertiary/aromatic N) is 1. The summed E-state index contributed by atoms with van der Waals surface area (Å²) in [5.41, 5.74) is 2.22. The van der Waals surface area contributed by atoms with E-state index < -0.39 is 6.10 Å². The Labute approximate surface area is 125 Å². The summed E-state index contributed by atoms with van der Waals surface area (Å²) in [7, 11) is 0. The largest absolute Gasteiger partial charge is 0.386 e. The van der Waals surface area contributed by atoms with Gasteiger partial charge in [0, 0.05) is 19.6 Å².